The third-order valence-corrected chi connectivity index (χ3v) is 4.02. The highest BCUT2D eigenvalue weighted by molar-refractivity contribution is 7.13. The molecule has 126 valence electrons. The summed E-state index contributed by atoms with van der Waals surface area (Å²) in [5.74, 6) is 0.0960. The Kier molecular flexibility index (Phi) is 6.08. The molecular formula is C17H19N3O3S. The normalized spacial score (nSPS) is 12.0. The number of nitrogens with zero attached hydrogens (tertiary/aromatic N) is 1. The van der Waals surface area contributed by atoms with Crippen molar-refractivity contribution in [2.45, 2.75) is 19.9 Å². The van der Waals surface area contributed by atoms with E-state index >= 15 is 0 Å². The van der Waals surface area contributed by atoms with Crippen LogP contribution in [-0.4, -0.2) is 29.9 Å². The number of hydrogen-bond acceptors (Lipinski definition) is 5. The van der Waals surface area contributed by atoms with Gasteiger partial charge in [0.2, 0.25) is 11.8 Å². The van der Waals surface area contributed by atoms with Gasteiger partial charge in [-0.2, -0.15) is 0 Å². The number of methoxy groups -OCH3 is 1. The van der Waals surface area contributed by atoms with Crippen LogP contribution < -0.4 is 15.4 Å². The molecule has 2 rings (SSSR count). The maximum Gasteiger partial charge on any atom is 0.248 e. The molecule has 6 nitrogen and oxygen atoms in total. The summed E-state index contributed by atoms with van der Waals surface area (Å²) in [4.78, 5) is 28.1. The van der Waals surface area contributed by atoms with Crippen molar-refractivity contribution < 1.29 is 14.3 Å². The number of amides is 2. The lowest BCUT2D eigenvalue weighted by Crippen LogP contribution is -2.40. The fraction of sp³-hybridized carbons (Fsp3) is 0.235. The number of nitrogens with one attached hydrogen (secondary N) is 2. The summed E-state index contributed by atoms with van der Waals surface area (Å²) in [5.41, 5.74) is 1.70. The minimum Gasteiger partial charge on any atom is -0.497 e. The molecule has 1 atom stereocenters. The lowest BCUT2D eigenvalue weighted by molar-refractivity contribution is -0.123. The van der Waals surface area contributed by atoms with E-state index in [4.69, 9.17) is 4.74 Å². The van der Waals surface area contributed by atoms with Crippen LogP contribution in [0.5, 0.6) is 5.75 Å². The Balaban J connectivity index is 1.85. The van der Waals surface area contributed by atoms with Gasteiger partial charge in [0.05, 0.1) is 12.8 Å². The van der Waals surface area contributed by atoms with Crippen molar-refractivity contribution in [2.75, 3.05) is 12.4 Å². The first-order chi connectivity index (χ1) is 11.5. The summed E-state index contributed by atoms with van der Waals surface area (Å²) in [6.45, 7) is 3.47. The molecule has 0 bridgehead atoms. The van der Waals surface area contributed by atoms with Crippen LogP contribution in [0.4, 0.5) is 5.13 Å². The lowest BCUT2D eigenvalue weighted by Gasteiger charge is -2.11. The second kappa shape index (κ2) is 8.26. The average molecular weight is 345 g/mol. The summed E-state index contributed by atoms with van der Waals surface area (Å²) in [5, 5.41) is 7.65. The highest BCUT2D eigenvalue weighted by Gasteiger charge is 2.15. The smallest absolute Gasteiger partial charge is 0.248 e. The molecule has 2 amide bonds. The largest absolute Gasteiger partial charge is 0.497 e. The first kappa shape index (κ1) is 17.7. The van der Waals surface area contributed by atoms with E-state index in [2.05, 4.69) is 15.6 Å². The van der Waals surface area contributed by atoms with E-state index in [9.17, 15) is 9.59 Å². The average Bonchev–Trinajstić information content (AvgIpc) is 2.98. The number of benzene rings is 1. The molecule has 1 aromatic heterocycles. The minimum atomic E-state index is -0.665. The molecule has 1 heterocycles. The molecule has 24 heavy (non-hydrogen) atoms. The number of aromatic nitrogens is 1. The topological polar surface area (TPSA) is 80.3 Å². The SMILES string of the molecule is COc1ccc(/C=C/C(=O)NC(C)C(=O)Nc2nc(C)cs2)cc1. The Morgan fingerprint density at radius 3 is 2.58 bits per heavy atom. The van der Waals surface area contributed by atoms with Gasteiger partial charge in [0.1, 0.15) is 11.8 Å². The fourth-order valence-electron chi connectivity index (χ4n) is 1.84. The Labute approximate surface area is 144 Å². The van der Waals surface area contributed by atoms with Gasteiger partial charge < -0.3 is 15.4 Å². The molecule has 0 spiro atoms. The first-order valence-corrected chi connectivity index (χ1v) is 8.21. The highest BCUT2D eigenvalue weighted by atomic mass is 32.1. The summed E-state index contributed by atoms with van der Waals surface area (Å²) in [6, 6.07) is 6.63. The van der Waals surface area contributed by atoms with Crippen LogP contribution >= 0.6 is 11.3 Å². The van der Waals surface area contributed by atoms with Gasteiger partial charge in [0, 0.05) is 11.5 Å². The van der Waals surface area contributed by atoms with Crippen molar-refractivity contribution in [1.29, 1.82) is 0 Å². The van der Waals surface area contributed by atoms with Crippen LogP contribution in [0.1, 0.15) is 18.2 Å². The zero-order valence-electron chi connectivity index (χ0n) is 13.7. The second-order valence-electron chi connectivity index (χ2n) is 5.12. The van der Waals surface area contributed by atoms with E-state index in [-0.39, 0.29) is 11.8 Å². The molecule has 0 fully saturated rings. The van der Waals surface area contributed by atoms with Gasteiger partial charge >= 0.3 is 0 Å². The molecule has 7 heteroatoms. The van der Waals surface area contributed by atoms with Crippen LogP contribution in [0.25, 0.3) is 6.08 Å². The molecule has 1 unspecified atom stereocenters. The van der Waals surface area contributed by atoms with Crippen molar-refractivity contribution >= 4 is 34.4 Å². The molecule has 0 saturated heterocycles. The quantitative estimate of drug-likeness (QED) is 0.789. The maximum atomic E-state index is 12.0. The number of thiazole rings is 1. The van der Waals surface area contributed by atoms with Crippen molar-refractivity contribution in [1.82, 2.24) is 10.3 Å². The van der Waals surface area contributed by atoms with Gasteiger partial charge in [-0.25, -0.2) is 4.98 Å². The molecule has 0 aliphatic heterocycles. The predicted octanol–water partition coefficient (Wildman–Crippen LogP) is 2.62. The first-order valence-electron chi connectivity index (χ1n) is 7.33. The molecule has 0 aliphatic carbocycles. The van der Waals surface area contributed by atoms with Crippen molar-refractivity contribution in [3.05, 3.63) is 47.0 Å². The van der Waals surface area contributed by atoms with E-state index in [1.165, 1.54) is 17.4 Å². The third kappa shape index (κ3) is 5.20. The zero-order chi connectivity index (χ0) is 17.5. The number of hydrogen-bond donors (Lipinski definition) is 2. The van der Waals surface area contributed by atoms with Crippen LogP contribution in [0.3, 0.4) is 0 Å². The maximum absolute atomic E-state index is 12.0. The van der Waals surface area contributed by atoms with Crippen LogP contribution in [0.2, 0.25) is 0 Å². The summed E-state index contributed by atoms with van der Waals surface area (Å²) >= 11 is 1.34. The summed E-state index contributed by atoms with van der Waals surface area (Å²) in [7, 11) is 1.59. The lowest BCUT2D eigenvalue weighted by atomic mass is 10.2. The highest BCUT2D eigenvalue weighted by Crippen LogP contribution is 2.14. The van der Waals surface area contributed by atoms with E-state index < -0.39 is 6.04 Å². The predicted molar refractivity (Wildman–Crippen MR) is 95.1 cm³/mol. The number of rotatable bonds is 6. The monoisotopic (exact) mass is 345 g/mol. The van der Waals surface area contributed by atoms with Gasteiger partial charge in [-0.3, -0.25) is 9.59 Å². The minimum absolute atomic E-state index is 0.310. The third-order valence-electron chi connectivity index (χ3n) is 3.14. The van der Waals surface area contributed by atoms with Gasteiger partial charge in [-0.05, 0) is 37.6 Å². The fourth-order valence-corrected chi connectivity index (χ4v) is 2.53. The van der Waals surface area contributed by atoms with E-state index in [1.54, 1.807) is 20.1 Å². The Hall–Kier alpha value is -2.67. The van der Waals surface area contributed by atoms with Gasteiger partial charge in [0.25, 0.3) is 0 Å². The van der Waals surface area contributed by atoms with Gasteiger partial charge in [0.15, 0.2) is 5.13 Å². The van der Waals surface area contributed by atoms with Crippen molar-refractivity contribution in [3.8, 4) is 5.75 Å². The molecule has 0 saturated carbocycles. The number of carbonyl (C=O) groups excluding carboxylic acids is 2. The van der Waals surface area contributed by atoms with Crippen molar-refractivity contribution in [2.24, 2.45) is 0 Å². The van der Waals surface area contributed by atoms with Crippen LogP contribution in [0.15, 0.2) is 35.7 Å². The number of carbonyl (C=O) groups is 2. The van der Waals surface area contributed by atoms with Crippen LogP contribution in [-0.2, 0) is 9.59 Å². The van der Waals surface area contributed by atoms with E-state index in [0.717, 1.165) is 17.0 Å². The molecule has 2 aromatic rings. The second-order valence-corrected chi connectivity index (χ2v) is 5.98. The summed E-state index contributed by atoms with van der Waals surface area (Å²) in [6.07, 6.45) is 3.06. The van der Waals surface area contributed by atoms with Gasteiger partial charge in [-0.1, -0.05) is 12.1 Å². The van der Waals surface area contributed by atoms with Crippen LogP contribution in [0, 0.1) is 6.92 Å². The molecular weight excluding hydrogens is 326 g/mol. The Morgan fingerprint density at radius 2 is 2.00 bits per heavy atom. The summed E-state index contributed by atoms with van der Waals surface area (Å²) < 4.78 is 5.07. The zero-order valence-corrected chi connectivity index (χ0v) is 14.5. The number of anilines is 1. The number of ether oxygens (including phenoxy) is 1. The van der Waals surface area contributed by atoms with Gasteiger partial charge in [-0.15, -0.1) is 11.3 Å². The molecule has 2 N–H and O–H groups in total. The van der Waals surface area contributed by atoms with Crippen molar-refractivity contribution in [3.63, 3.8) is 0 Å². The molecule has 0 aliphatic rings. The Morgan fingerprint density at radius 1 is 1.29 bits per heavy atom. The van der Waals surface area contributed by atoms with E-state index in [1.807, 2.05) is 36.6 Å². The van der Waals surface area contributed by atoms with E-state index in [0.29, 0.717) is 5.13 Å². The standard InChI is InChI=1S/C17H19N3O3S/c1-11-10-24-17(18-11)20-16(22)12(2)19-15(21)9-6-13-4-7-14(23-3)8-5-13/h4-10,12H,1-3H3,(H,19,21)(H,18,20,22)/b9-6+. The number of aryl methyl sites for hydroxylation is 1. The molecule has 1 aromatic carbocycles. The molecule has 0 radical (unpaired) electrons. The Bertz CT molecular complexity index is 738.